The van der Waals surface area contributed by atoms with Crippen LogP contribution in [0.1, 0.15) is 38.0 Å². The number of aromatic nitrogens is 1. The Hall–Kier alpha value is -3.36. The number of carbonyl (C=O) groups is 2. The number of fused-ring (bicyclic) bond motifs is 1. The molecule has 0 spiro atoms. The molecule has 0 radical (unpaired) electrons. The minimum atomic E-state index is -0.623. The average molecular weight is 423 g/mol. The lowest BCUT2D eigenvalue weighted by atomic mass is 10.0. The second-order valence-corrected chi connectivity index (χ2v) is 6.65. The molecule has 30 heavy (non-hydrogen) atoms. The van der Waals surface area contributed by atoms with E-state index < -0.39 is 5.91 Å². The van der Waals surface area contributed by atoms with E-state index in [9.17, 15) is 9.59 Å². The van der Waals surface area contributed by atoms with Gasteiger partial charge in [-0.1, -0.05) is 42.5 Å². The number of rotatable bonds is 3. The fourth-order valence-electron chi connectivity index (χ4n) is 3.38. The molecule has 0 unspecified atom stereocenters. The first-order valence-electron chi connectivity index (χ1n) is 9.14. The highest BCUT2D eigenvalue weighted by Gasteiger charge is 2.31. The molecule has 1 aliphatic rings. The molecule has 0 saturated heterocycles. The second-order valence-electron chi connectivity index (χ2n) is 6.65. The van der Waals surface area contributed by atoms with Crippen molar-refractivity contribution in [2.24, 2.45) is 0 Å². The van der Waals surface area contributed by atoms with Gasteiger partial charge in [-0.05, 0) is 29.8 Å². The van der Waals surface area contributed by atoms with Gasteiger partial charge in [0.15, 0.2) is 0 Å². The largest absolute Gasteiger partial charge is 0.491 e. The Labute approximate surface area is 180 Å². The summed E-state index contributed by atoms with van der Waals surface area (Å²) in [6.07, 6.45) is 1.59. The van der Waals surface area contributed by atoms with Crippen molar-refractivity contribution in [2.45, 2.75) is 12.6 Å². The van der Waals surface area contributed by atoms with E-state index in [1.54, 1.807) is 53.0 Å². The number of nitrogens with one attached hydrogen (secondary N) is 1. The predicted molar refractivity (Wildman–Crippen MR) is 115 cm³/mol. The predicted octanol–water partition coefficient (Wildman–Crippen LogP) is 3.09. The molecule has 1 atom stereocenters. The summed E-state index contributed by atoms with van der Waals surface area (Å²) in [5, 5.41) is 8.88. The van der Waals surface area contributed by atoms with Gasteiger partial charge in [-0.2, -0.15) is 13.5 Å². The molecule has 3 aromatic rings. The Morgan fingerprint density at radius 2 is 1.83 bits per heavy atom. The maximum Gasteiger partial charge on any atom is 0.274 e. The summed E-state index contributed by atoms with van der Waals surface area (Å²) in [6, 6.07) is 19.4. The van der Waals surface area contributed by atoms with Crippen LogP contribution in [0, 0.1) is 0 Å². The number of ether oxygens (including phenoxy) is 1. The number of hydrogen-bond acceptors (Lipinski definition) is 5. The summed E-state index contributed by atoms with van der Waals surface area (Å²) in [5.41, 5.74) is 3.95. The van der Waals surface area contributed by atoms with E-state index in [2.05, 4.69) is 4.98 Å². The van der Waals surface area contributed by atoms with Crippen molar-refractivity contribution in [2.75, 3.05) is 6.61 Å². The molecule has 0 aliphatic carbocycles. The van der Waals surface area contributed by atoms with Gasteiger partial charge in [0.2, 0.25) is 0 Å². The molecule has 2 aromatic carbocycles. The van der Waals surface area contributed by atoms with Crippen molar-refractivity contribution in [1.29, 1.82) is 0 Å². The van der Waals surface area contributed by atoms with Crippen LogP contribution < -0.4 is 10.2 Å². The van der Waals surface area contributed by atoms with Gasteiger partial charge in [0.1, 0.15) is 18.1 Å². The average Bonchev–Trinajstić information content (AvgIpc) is 2.98. The third-order valence-electron chi connectivity index (χ3n) is 4.87. The lowest BCUT2D eigenvalue weighted by Crippen LogP contribution is -2.36. The van der Waals surface area contributed by atoms with Gasteiger partial charge in [0.25, 0.3) is 11.8 Å². The normalized spacial score (nSPS) is 15.1. The lowest BCUT2D eigenvalue weighted by Gasteiger charge is -2.29. The van der Waals surface area contributed by atoms with Crippen LogP contribution >= 0.6 is 13.5 Å². The Kier molecular flexibility index (Phi) is 6.71. The number of nitrogens with zero attached hydrogens (tertiary/aromatic N) is 2. The first-order valence-corrected chi connectivity index (χ1v) is 9.14. The Bertz CT molecular complexity index is 1030. The minimum Gasteiger partial charge on any atom is -0.491 e. The molecule has 0 saturated carbocycles. The standard InChI is InChI=1S/C22H19N3O4.H2S/c26-21(24-28)16-9-10-17-13-25(22(27)18-8-4-5-11-23-18)19(14-29-20(17)12-16)15-6-2-1-3-7-15;/h1-12,19,28H,13-14H2,(H,24,26);1H2/t19-;/m1./s1. The van der Waals surface area contributed by atoms with Crippen LogP contribution in [0.2, 0.25) is 0 Å². The first-order chi connectivity index (χ1) is 14.2. The minimum absolute atomic E-state index is 0. The molecule has 7 nitrogen and oxygen atoms in total. The van der Waals surface area contributed by atoms with E-state index in [0.29, 0.717) is 18.0 Å². The Morgan fingerprint density at radius 1 is 1.07 bits per heavy atom. The van der Waals surface area contributed by atoms with Crippen molar-refractivity contribution in [1.82, 2.24) is 15.4 Å². The highest BCUT2D eigenvalue weighted by molar-refractivity contribution is 7.59. The molecule has 2 N–H and O–H groups in total. The summed E-state index contributed by atoms with van der Waals surface area (Å²) in [6.45, 7) is 0.519. The molecular formula is C22H21N3O4S. The van der Waals surface area contributed by atoms with E-state index in [0.717, 1.165) is 11.1 Å². The van der Waals surface area contributed by atoms with Gasteiger partial charge >= 0.3 is 0 Å². The van der Waals surface area contributed by atoms with Gasteiger partial charge in [-0.15, -0.1) is 0 Å². The number of amides is 2. The summed E-state index contributed by atoms with van der Waals surface area (Å²) >= 11 is 0. The van der Waals surface area contributed by atoms with Crippen molar-refractivity contribution in [3.05, 3.63) is 95.3 Å². The highest BCUT2D eigenvalue weighted by atomic mass is 32.1. The quantitative estimate of drug-likeness (QED) is 0.499. The van der Waals surface area contributed by atoms with Crippen LogP contribution in [0.5, 0.6) is 5.75 Å². The maximum absolute atomic E-state index is 13.3. The fourth-order valence-corrected chi connectivity index (χ4v) is 3.38. The SMILES string of the molecule is O=C(NO)c1ccc2c(c1)OC[C@H](c1ccccc1)N(C(=O)c1ccccn1)C2.S. The zero-order valence-electron chi connectivity index (χ0n) is 16.0. The van der Waals surface area contributed by atoms with E-state index in [-0.39, 0.29) is 37.6 Å². The Balaban J connectivity index is 0.00000256. The van der Waals surface area contributed by atoms with Crippen LogP contribution in [-0.4, -0.2) is 33.5 Å². The van der Waals surface area contributed by atoms with E-state index >= 15 is 0 Å². The van der Waals surface area contributed by atoms with E-state index in [1.807, 2.05) is 30.3 Å². The van der Waals surface area contributed by atoms with Crippen LogP contribution in [-0.2, 0) is 6.54 Å². The molecular weight excluding hydrogens is 402 g/mol. The molecule has 1 aliphatic heterocycles. The lowest BCUT2D eigenvalue weighted by molar-refractivity contribution is 0.0615. The van der Waals surface area contributed by atoms with Gasteiger partial charge in [0.05, 0.1) is 12.6 Å². The highest BCUT2D eigenvalue weighted by Crippen LogP contribution is 2.33. The molecule has 2 amide bonds. The molecule has 2 heterocycles. The summed E-state index contributed by atoms with van der Waals surface area (Å²) in [5.74, 6) is -0.321. The molecule has 8 heteroatoms. The van der Waals surface area contributed by atoms with Crippen LogP contribution in [0.3, 0.4) is 0 Å². The van der Waals surface area contributed by atoms with Gasteiger partial charge in [-0.3, -0.25) is 19.8 Å². The molecule has 1 aromatic heterocycles. The van der Waals surface area contributed by atoms with Crippen LogP contribution in [0.4, 0.5) is 0 Å². The summed E-state index contributed by atoms with van der Waals surface area (Å²) in [4.78, 5) is 31.0. The fraction of sp³-hybridized carbons (Fsp3) is 0.136. The van der Waals surface area contributed by atoms with Crippen LogP contribution in [0.25, 0.3) is 0 Å². The maximum atomic E-state index is 13.3. The van der Waals surface area contributed by atoms with Crippen LogP contribution in [0.15, 0.2) is 72.9 Å². The number of benzene rings is 2. The molecule has 0 fully saturated rings. The molecule has 0 bridgehead atoms. The second kappa shape index (κ2) is 9.43. The van der Waals surface area contributed by atoms with Gasteiger partial charge < -0.3 is 9.64 Å². The topological polar surface area (TPSA) is 91.8 Å². The summed E-state index contributed by atoms with van der Waals surface area (Å²) < 4.78 is 5.99. The zero-order chi connectivity index (χ0) is 20.2. The molecule has 154 valence electrons. The third kappa shape index (κ3) is 4.29. The molecule has 4 rings (SSSR count). The number of pyridine rings is 1. The van der Waals surface area contributed by atoms with Crippen molar-refractivity contribution < 1.29 is 19.5 Å². The first kappa shape index (κ1) is 21.4. The van der Waals surface area contributed by atoms with Gasteiger partial charge in [0, 0.05) is 17.3 Å². The Morgan fingerprint density at radius 3 is 2.53 bits per heavy atom. The van der Waals surface area contributed by atoms with Crippen molar-refractivity contribution >= 4 is 25.3 Å². The number of hydrogen-bond donors (Lipinski definition) is 2. The smallest absolute Gasteiger partial charge is 0.274 e. The zero-order valence-corrected chi connectivity index (χ0v) is 17.0. The summed E-state index contributed by atoms with van der Waals surface area (Å²) in [7, 11) is 0. The van der Waals surface area contributed by atoms with Crippen molar-refractivity contribution in [3.8, 4) is 5.75 Å². The third-order valence-corrected chi connectivity index (χ3v) is 4.87. The monoisotopic (exact) mass is 423 g/mol. The number of carbonyl (C=O) groups excluding carboxylic acids is 2. The van der Waals surface area contributed by atoms with Gasteiger partial charge in [-0.25, -0.2) is 5.48 Å². The van der Waals surface area contributed by atoms with Crippen molar-refractivity contribution in [3.63, 3.8) is 0 Å². The van der Waals surface area contributed by atoms with E-state index in [4.69, 9.17) is 9.94 Å². The van der Waals surface area contributed by atoms with E-state index in [1.165, 1.54) is 0 Å². The number of hydroxylamine groups is 1.